The normalized spacial score (nSPS) is 9.83. The zero-order valence-electron chi connectivity index (χ0n) is 11.7. The fraction of sp³-hybridized carbons (Fsp3) is 0.375. The van der Waals surface area contributed by atoms with Crippen molar-refractivity contribution in [1.82, 2.24) is 9.97 Å². The Balaban J connectivity index is 0.000000199. The molecule has 96 valence electrons. The van der Waals surface area contributed by atoms with Crippen LogP contribution in [0.5, 0.6) is 0 Å². The minimum atomic E-state index is 0.592. The summed E-state index contributed by atoms with van der Waals surface area (Å²) in [5, 5.41) is 0. The summed E-state index contributed by atoms with van der Waals surface area (Å²) in [6, 6.07) is 8.09. The van der Waals surface area contributed by atoms with E-state index >= 15 is 0 Å². The maximum Gasteiger partial charge on any atom is 0.0372 e. The minimum Gasteiger partial charge on any atom is -0.264 e. The van der Waals surface area contributed by atoms with Gasteiger partial charge in [0.2, 0.25) is 0 Å². The maximum atomic E-state index is 4.18. The molecule has 2 heterocycles. The predicted octanol–water partition coefficient (Wildman–Crippen LogP) is 4.16. The van der Waals surface area contributed by atoms with E-state index in [1.807, 2.05) is 37.5 Å². The minimum absolute atomic E-state index is 0.592. The summed E-state index contributed by atoms with van der Waals surface area (Å²) >= 11 is 0. The van der Waals surface area contributed by atoms with Crippen LogP contribution in [-0.2, 0) is 6.42 Å². The SMILES string of the molecule is CCc1cncc(C(C)C)c1.Cc1ccccn1. The van der Waals surface area contributed by atoms with Crippen molar-refractivity contribution < 1.29 is 0 Å². The quantitative estimate of drug-likeness (QED) is 0.790. The van der Waals surface area contributed by atoms with Gasteiger partial charge in [-0.25, -0.2) is 0 Å². The molecule has 0 aliphatic heterocycles. The molecular weight excluding hydrogens is 220 g/mol. The van der Waals surface area contributed by atoms with Gasteiger partial charge in [0.1, 0.15) is 0 Å². The first kappa shape index (κ1) is 14.4. The van der Waals surface area contributed by atoms with Crippen LogP contribution in [0.1, 0.15) is 43.5 Å². The molecule has 0 amide bonds. The van der Waals surface area contributed by atoms with Crippen molar-refractivity contribution in [3.63, 3.8) is 0 Å². The molecule has 2 aromatic rings. The van der Waals surface area contributed by atoms with Gasteiger partial charge >= 0.3 is 0 Å². The number of hydrogen-bond acceptors (Lipinski definition) is 2. The van der Waals surface area contributed by atoms with Crippen LogP contribution < -0.4 is 0 Å². The van der Waals surface area contributed by atoms with Crippen LogP contribution in [0.15, 0.2) is 42.9 Å². The van der Waals surface area contributed by atoms with E-state index in [0.29, 0.717) is 5.92 Å². The van der Waals surface area contributed by atoms with E-state index < -0.39 is 0 Å². The second kappa shape index (κ2) is 7.59. The van der Waals surface area contributed by atoms with Crippen LogP contribution in [0.2, 0.25) is 0 Å². The fourth-order valence-electron chi connectivity index (χ4n) is 1.46. The van der Waals surface area contributed by atoms with Crippen molar-refractivity contribution in [2.24, 2.45) is 0 Å². The molecule has 0 atom stereocenters. The molecule has 0 saturated heterocycles. The number of pyridine rings is 2. The lowest BCUT2D eigenvalue weighted by molar-refractivity contribution is 0.852. The van der Waals surface area contributed by atoms with Gasteiger partial charge < -0.3 is 0 Å². The molecule has 0 aliphatic rings. The smallest absolute Gasteiger partial charge is 0.0372 e. The highest BCUT2D eigenvalue weighted by atomic mass is 14.6. The highest BCUT2D eigenvalue weighted by Crippen LogP contribution is 2.13. The monoisotopic (exact) mass is 242 g/mol. The number of aryl methyl sites for hydroxylation is 2. The van der Waals surface area contributed by atoms with E-state index in [1.54, 1.807) is 6.20 Å². The van der Waals surface area contributed by atoms with Gasteiger partial charge in [0.25, 0.3) is 0 Å². The Kier molecular flexibility index (Phi) is 6.06. The summed E-state index contributed by atoms with van der Waals surface area (Å²) in [6.07, 6.45) is 6.75. The Morgan fingerprint density at radius 3 is 2.39 bits per heavy atom. The van der Waals surface area contributed by atoms with E-state index in [0.717, 1.165) is 12.1 Å². The molecule has 18 heavy (non-hydrogen) atoms. The Labute approximate surface area is 110 Å². The first-order valence-corrected chi connectivity index (χ1v) is 6.45. The Morgan fingerprint density at radius 2 is 1.94 bits per heavy atom. The summed E-state index contributed by atoms with van der Waals surface area (Å²) < 4.78 is 0. The summed E-state index contributed by atoms with van der Waals surface area (Å²) in [7, 11) is 0. The van der Waals surface area contributed by atoms with Gasteiger partial charge in [-0.05, 0) is 42.5 Å². The first-order chi connectivity index (χ1) is 8.63. The van der Waals surface area contributed by atoms with Gasteiger partial charge in [0.05, 0.1) is 0 Å². The van der Waals surface area contributed by atoms with E-state index in [9.17, 15) is 0 Å². The van der Waals surface area contributed by atoms with Gasteiger partial charge in [0, 0.05) is 24.3 Å². The third-order valence-electron chi connectivity index (χ3n) is 2.70. The van der Waals surface area contributed by atoms with Crippen LogP contribution in [0.3, 0.4) is 0 Å². The van der Waals surface area contributed by atoms with Gasteiger partial charge in [-0.3, -0.25) is 9.97 Å². The van der Waals surface area contributed by atoms with Gasteiger partial charge in [0.15, 0.2) is 0 Å². The lowest BCUT2D eigenvalue weighted by atomic mass is 10.0. The highest BCUT2D eigenvalue weighted by Gasteiger charge is 1.98. The maximum absolute atomic E-state index is 4.18. The van der Waals surface area contributed by atoms with Gasteiger partial charge in [-0.1, -0.05) is 32.9 Å². The Bertz CT molecular complexity index is 450. The van der Waals surface area contributed by atoms with Crippen molar-refractivity contribution in [2.45, 2.75) is 40.0 Å². The van der Waals surface area contributed by atoms with Crippen molar-refractivity contribution in [2.75, 3.05) is 0 Å². The molecule has 2 rings (SSSR count). The predicted molar refractivity (Wildman–Crippen MR) is 76.7 cm³/mol. The largest absolute Gasteiger partial charge is 0.264 e. The van der Waals surface area contributed by atoms with Crippen molar-refractivity contribution in [3.05, 3.63) is 59.7 Å². The molecule has 0 spiro atoms. The van der Waals surface area contributed by atoms with Crippen LogP contribution in [0.25, 0.3) is 0 Å². The van der Waals surface area contributed by atoms with Crippen molar-refractivity contribution >= 4 is 0 Å². The number of hydrogen-bond donors (Lipinski definition) is 0. The molecule has 2 nitrogen and oxygen atoms in total. The van der Waals surface area contributed by atoms with E-state index in [-0.39, 0.29) is 0 Å². The van der Waals surface area contributed by atoms with Crippen molar-refractivity contribution in [3.8, 4) is 0 Å². The zero-order chi connectivity index (χ0) is 13.4. The van der Waals surface area contributed by atoms with Crippen LogP contribution in [-0.4, -0.2) is 9.97 Å². The fourth-order valence-corrected chi connectivity index (χ4v) is 1.46. The first-order valence-electron chi connectivity index (χ1n) is 6.45. The van der Waals surface area contributed by atoms with Gasteiger partial charge in [-0.15, -0.1) is 0 Å². The number of nitrogens with zero attached hydrogens (tertiary/aromatic N) is 2. The Hall–Kier alpha value is -1.70. The molecular formula is C16H22N2. The van der Waals surface area contributed by atoms with Crippen LogP contribution in [0.4, 0.5) is 0 Å². The average molecular weight is 242 g/mol. The van der Waals surface area contributed by atoms with E-state index in [1.165, 1.54) is 11.1 Å². The summed E-state index contributed by atoms with van der Waals surface area (Å²) in [6.45, 7) is 8.51. The van der Waals surface area contributed by atoms with Crippen molar-refractivity contribution in [1.29, 1.82) is 0 Å². The third kappa shape index (κ3) is 5.09. The molecule has 0 radical (unpaired) electrons. The van der Waals surface area contributed by atoms with Crippen LogP contribution in [0, 0.1) is 6.92 Å². The average Bonchev–Trinajstić information content (AvgIpc) is 2.40. The molecule has 0 N–H and O–H groups in total. The zero-order valence-corrected chi connectivity index (χ0v) is 11.7. The number of rotatable bonds is 2. The van der Waals surface area contributed by atoms with Gasteiger partial charge in [-0.2, -0.15) is 0 Å². The molecule has 2 aromatic heterocycles. The summed E-state index contributed by atoms with van der Waals surface area (Å²) in [5.41, 5.74) is 3.74. The number of aromatic nitrogens is 2. The molecule has 0 unspecified atom stereocenters. The van der Waals surface area contributed by atoms with E-state index in [2.05, 4.69) is 36.8 Å². The lowest BCUT2D eigenvalue weighted by Gasteiger charge is -2.05. The molecule has 0 bridgehead atoms. The second-order valence-corrected chi connectivity index (χ2v) is 4.61. The molecule has 0 aliphatic carbocycles. The van der Waals surface area contributed by atoms with E-state index in [4.69, 9.17) is 0 Å². The highest BCUT2D eigenvalue weighted by molar-refractivity contribution is 5.20. The summed E-state index contributed by atoms with van der Waals surface area (Å²) in [4.78, 5) is 8.16. The molecule has 0 fully saturated rings. The standard InChI is InChI=1S/C10H15N.C6H7N/c1-4-9-5-10(8(2)3)7-11-6-9;1-6-4-2-3-5-7-6/h5-8H,4H2,1-3H3;2-5H,1H3. The second-order valence-electron chi connectivity index (χ2n) is 4.61. The lowest BCUT2D eigenvalue weighted by Crippen LogP contribution is -1.91. The third-order valence-corrected chi connectivity index (χ3v) is 2.70. The molecule has 0 saturated carbocycles. The Morgan fingerprint density at radius 1 is 1.17 bits per heavy atom. The summed E-state index contributed by atoms with van der Waals surface area (Å²) in [5.74, 6) is 0.592. The topological polar surface area (TPSA) is 25.8 Å². The molecule has 0 aromatic carbocycles. The molecule has 2 heteroatoms. The van der Waals surface area contributed by atoms with Crippen LogP contribution >= 0.6 is 0 Å².